The minimum absolute atomic E-state index is 1.18. The molecule has 13 rings (SSSR count). The molecule has 0 aliphatic rings. The molecule has 0 atom stereocenters. The van der Waals surface area contributed by atoms with Crippen molar-refractivity contribution in [3.8, 4) is 11.4 Å². The summed E-state index contributed by atoms with van der Waals surface area (Å²) in [6.07, 6.45) is 0. The first kappa shape index (κ1) is 25.3. The largest absolute Gasteiger partial charge is 0.307 e. The molecule has 13 aromatic rings. The Bertz CT molecular complexity index is 3280. The van der Waals surface area contributed by atoms with Crippen LogP contribution in [0.4, 0.5) is 0 Å². The molecule has 0 aliphatic heterocycles. The first-order valence-corrected chi connectivity index (χ1v) is 17.3. The third-order valence-corrected chi connectivity index (χ3v) is 11.4. The number of hydrogen-bond acceptors (Lipinski definition) is 0. The fourth-order valence-electron chi connectivity index (χ4n) is 9.55. The molecule has 0 spiro atoms. The molecule has 0 bridgehead atoms. The van der Waals surface area contributed by atoms with Crippen molar-refractivity contribution in [2.24, 2.45) is 0 Å². The van der Waals surface area contributed by atoms with Crippen LogP contribution >= 0.6 is 0 Å². The molecule has 0 aliphatic carbocycles. The minimum atomic E-state index is 1.18. The van der Waals surface area contributed by atoms with E-state index in [1.807, 2.05) is 0 Å². The van der Waals surface area contributed by atoms with Crippen LogP contribution in [0, 0.1) is 0 Å². The quantitative estimate of drug-likeness (QED) is 0.180. The van der Waals surface area contributed by atoms with E-state index in [0.29, 0.717) is 0 Å². The van der Waals surface area contributed by atoms with Crippen LogP contribution < -0.4 is 0 Å². The van der Waals surface area contributed by atoms with Gasteiger partial charge in [-0.15, -0.1) is 0 Å². The number of aromatic nitrogens is 4. The van der Waals surface area contributed by atoms with Crippen molar-refractivity contribution in [3.63, 3.8) is 0 Å². The molecule has 0 amide bonds. The van der Waals surface area contributed by atoms with Gasteiger partial charge in [-0.3, -0.25) is 0 Å². The molecule has 0 saturated carbocycles. The second-order valence-corrected chi connectivity index (χ2v) is 13.7. The first-order chi connectivity index (χ1) is 24.9. The normalized spacial score (nSPS) is 12.8. The highest BCUT2D eigenvalue weighted by atomic mass is 15.1. The van der Waals surface area contributed by atoms with Gasteiger partial charge in [-0.25, -0.2) is 0 Å². The zero-order chi connectivity index (χ0) is 32.2. The maximum absolute atomic E-state index is 2.56. The van der Waals surface area contributed by atoms with Gasteiger partial charge in [-0.2, -0.15) is 0 Å². The maximum Gasteiger partial charge on any atom is 0.0804 e. The molecule has 230 valence electrons. The average Bonchev–Trinajstić information content (AvgIpc) is 3.99. The number of hydrogen-bond donors (Lipinski definition) is 0. The summed E-state index contributed by atoms with van der Waals surface area (Å²) in [4.78, 5) is 0. The van der Waals surface area contributed by atoms with Crippen LogP contribution in [0.15, 0.2) is 158 Å². The second kappa shape index (κ2) is 8.62. The van der Waals surface area contributed by atoms with Crippen LogP contribution in [-0.2, 0) is 0 Å². The van der Waals surface area contributed by atoms with Crippen LogP contribution in [0.5, 0.6) is 0 Å². The number of benzene rings is 7. The van der Waals surface area contributed by atoms with Crippen LogP contribution in [-0.4, -0.2) is 17.9 Å². The third kappa shape index (κ3) is 2.77. The molecule has 0 fully saturated rings. The van der Waals surface area contributed by atoms with Crippen molar-refractivity contribution in [2.45, 2.75) is 0 Å². The van der Waals surface area contributed by atoms with E-state index in [1.165, 1.54) is 110 Å². The Morgan fingerprint density at radius 3 is 1.08 bits per heavy atom. The Kier molecular flexibility index (Phi) is 4.36. The summed E-state index contributed by atoms with van der Waals surface area (Å²) in [5.74, 6) is 0. The van der Waals surface area contributed by atoms with Gasteiger partial charge in [0.1, 0.15) is 0 Å². The summed E-state index contributed by atoms with van der Waals surface area (Å²) < 4.78 is 10.0. The van der Waals surface area contributed by atoms with Gasteiger partial charge in [0.15, 0.2) is 0 Å². The lowest BCUT2D eigenvalue weighted by molar-refractivity contribution is 1.19. The van der Waals surface area contributed by atoms with Crippen LogP contribution in [0.25, 0.3) is 110 Å². The van der Waals surface area contributed by atoms with Crippen molar-refractivity contribution < 1.29 is 0 Å². The predicted octanol–water partition coefficient (Wildman–Crippen LogP) is 11.9. The van der Waals surface area contributed by atoms with E-state index < -0.39 is 0 Å². The lowest BCUT2D eigenvalue weighted by Crippen LogP contribution is -1.92. The number of para-hydroxylation sites is 6. The van der Waals surface area contributed by atoms with Crippen molar-refractivity contribution in [3.05, 3.63) is 158 Å². The SMILES string of the molecule is c1ccc(-n2c3ccccc3c3c2c2cccc4c5cc6c(cc5n3c42)c2cccc3c4c(c5ccccc5n4-c4ccccc4)n6c23)cc1. The molecule has 0 radical (unpaired) electrons. The summed E-state index contributed by atoms with van der Waals surface area (Å²) in [6.45, 7) is 0. The van der Waals surface area contributed by atoms with Gasteiger partial charge in [0, 0.05) is 54.5 Å². The molecule has 7 aromatic carbocycles. The van der Waals surface area contributed by atoms with E-state index in [2.05, 4.69) is 176 Å². The molecule has 4 nitrogen and oxygen atoms in total. The van der Waals surface area contributed by atoms with Crippen molar-refractivity contribution in [1.29, 1.82) is 0 Å². The van der Waals surface area contributed by atoms with E-state index >= 15 is 0 Å². The van der Waals surface area contributed by atoms with E-state index in [9.17, 15) is 0 Å². The van der Waals surface area contributed by atoms with E-state index in [4.69, 9.17) is 0 Å². The summed E-state index contributed by atoms with van der Waals surface area (Å²) in [5.41, 5.74) is 15.0. The molecule has 0 saturated heterocycles. The van der Waals surface area contributed by atoms with Crippen LogP contribution in [0.2, 0.25) is 0 Å². The fourth-order valence-corrected chi connectivity index (χ4v) is 9.55. The second-order valence-electron chi connectivity index (χ2n) is 13.7. The highest BCUT2D eigenvalue weighted by molar-refractivity contribution is 6.32. The molecule has 4 heteroatoms. The zero-order valence-corrected chi connectivity index (χ0v) is 26.8. The van der Waals surface area contributed by atoms with Gasteiger partial charge in [0.05, 0.1) is 55.2 Å². The topological polar surface area (TPSA) is 18.7 Å². The van der Waals surface area contributed by atoms with E-state index in [1.54, 1.807) is 0 Å². The van der Waals surface area contributed by atoms with Gasteiger partial charge in [-0.1, -0.05) is 109 Å². The molecule has 0 N–H and O–H groups in total. The first-order valence-electron chi connectivity index (χ1n) is 17.3. The van der Waals surface area contributed by atoms with Crippen LogP contribution in [0.3, 0.4) is 0 Å². The van der Waals surface area contributed by atoms with E-state index in [-0.39, 0.29) is 0 Å². The number of rotatable bonds is 2. The highest BCUT2D eigenvalue weighted by Crippen LogP contribution is 2.48. The summed E-state index contributed by atoms with van der Waals surface area (Å²) >= 11 is 0. The standard InChI is InChI=1S/C46H26N4/c1-3-13-27(14-4-1)47-37-23-9-7-17-31(37)43-45(47)33-21-11-19-29-35-26-40-36(25-39(35)49(43)41(29)33)30-20-12-22-34-42(30)50(40)44-32-18-8-10-24-38(32)48(46(34)44)28-15-5-2-6-16-28/h1-26H. The van der Waals surface area contributed by atoms with E-state index in [0.717, 1.165) is 0 Å². The van der Waals surface area contributed by atoms with Crippen molar-refractivity contribution in [2.75, 3.05) is 0 Å². The molecule has 0 unspecified atom stereocenters. The highest BCUT2D eigenvalue weighted by Gasteiger charge is 2.27. The molecule has 6 aromatic heterocycles. The molecule has 50 heavy (non-hydrogen) atoms. The number of nitrogens with zero attached hydrogens (tertiary/aromatic N) is 4. The molecule has 6 heterocycles. The zero-order valence-electron chi connectivity index (χ0n) is 26.8. The maximum atomic E-state index is 2.56. The summed E-state index contributed by atoms with van der Waals surface area (Å²) in [7, 11) is 0. The van der Waals surface area contributed by atoms with Gasteiger partial charge in [-0.05, 0) is 48.5 Å². The Balaban J connectivity index is 1.25. The van der Waals surface area contributed by atoms with Gasteiger partial charge >= 0.3 is 0 Å². The molecular weight excluding hydrogens is 609 g/mol. The number of fused-ring (bicyclic) bond motifs is 16. The summed E-state index contributed by atoms with van der Waals surface area (Å²) in [5, 5.41) is 10.3. The lowest BCUT2D eigenvalue weighted by Gasteiger charge is -2.07. The average molecular weight is 635 g/mol. The van der Waals surface area contributed by atoms with Crippen molar-refractivity contribution >= 4 is 98.3 Å². The predicted molar refractivity (Wildman–Crippen MR) is 209 cm³/mol. The Hall–Kier alpha value is -6.78. The smallest absolute Gasteiger partial charge is 0.0804 e. The minimum Gasteiger partial charge on any atom is -0.307 e. The Morgan fingerprint density at radius 2 is 0.620 bits per heavy atom. The summed E-state index contributed by atoms with van der Waals surface area (Å²) in [6, 6.07) is 58.0. The monoisotopic (exact) mass is 634 g/mol. The van der Waals surface area contributed by atoms with Gasteiger partial charge in [0.25, 0.3) is 0 Å². The molecular formula is C46H26N4. The van der Waals surface area contributed by atoms with Gasteiger partial charge in [0.2, 0.25) is 0 Å². The Morgan fingerprint density at radius 1 is 0.240 bits per heavy atom. The lowest BCUT2D eigenvalue weighted by atomic mass is 10.1. The van der Waals surface area contributed by atoms with Crippen molar-refractivity contribution in [1.82, 2.24) is 17.9 Å². The third-order valence-electron chi connectivity index (χ3n) is 11.4. The van der Waals surface area contributed by atoms with Crippen LogP contribution in [0.1, 0.15) is 0 Å². The fraction of sp³-hybridized carbons (Fsp3) is 0. The van der Waals surface area contributed by atoms with Gasteiger partial charge < -0.3 is 17.9 Å². The Labute approximate surface area is 284 Å².